The number of carbonyl (C=O) groups is 2. The fourth-order valence-corrected chi connectivity index (χ4v) is 14.2. The predicted molar refractivity (Wildman–Crippen MR) is 165 cm³/mol. The van der Waals surface area contributed by atoms with Gasteiger partial charge in [-0.3, -0.25) is 0 Å². The summed E-state index contributed by atoms with van der Waals surface area (Å²) in [6.07, 6.45) is 12.3. The molecule has 2 aliphatic heterocycles. The fourth-order valence-electron chi connectivity index (χ4n) is 8.78. The van der Waals surface area contributed by atoms with E-state index >= 15 is 0 Å². The van der Waals surface area contributed by atoms with E-state index in [-0.39, 0.29) is 24.5 Å². The van der Waals surface area contributed by atoms with Gasteiger partial charge in [-0.25, -0.2) is 0 Å². The molecule has 226 valence electrons. The minimum absolute atomic E-state index is 0.0481. The summed E-state index contributed by atoms with van der Waals surface area (Å²) in [5.74, 6) is 3.18. The SMILES string of the molecule is C#CCN(C)C(=O)OC1C(C)=CC2(CC1(C)C1CCCOC(C)(C)CO1)C(=O)C(C)[C@H]1C(CCC[C@H]2C)[PH]1(C)C. The molecule has 0 bridgehead atoms. The van der Waals surface area contributed by atoms with Gasteiger partial charge in [-0.1, -0.05) is 0 Å². The van der Waals surface area contributed by atoms with Crippen molar-refractivity contribution in [3.63, 3.8) is 0 Å². The van der Waals surface area contributed by atoms with Gasteiger partial charge in [0.15, 0.2) is 0 Å². The van der Waals surface area contributed by atoms with E-state index in [2.05, 4.69) is 59.9 Å². The van der Waals surface area contributed by atoms with E-state index in [1.54, 1.807) is 7.05 Å². The van der Waals surface area contributed by atoms with Crippen LogP contribution in [-0.2, 0) is 19.0 Å². The van der Waals surface area contributed by atoms with Crippen molar-refractivity contribution in [2.45, 2.75) is 109 Å². The molecular weight excluding hydrogens is 521 g/mol. The zero-order valence-electron chi connectivity index (χ0n) is 26.5. The van der Waals surface area contributed by atoms with Crippen LogP contribution < -0.4 is 0 Å². The Bertz CT molecular complexity index is 1060. The first-order chi connectivity index (χ1) is 18.6. The number of carbonyl (C=O) groups excluding carboxylic acids is 2. The molecule has 8 atom stereocenters. The van der Waals surface area contributed by atoms with Gasteiger partial charge in [-0.05, 0) is 0 Å². The molecule has 7 heteroatoms. The van der Waals surface area contributed by atoms with E-state index in [9.17, 15) is 9.59 Å². The number of ether oxygens (including phenoxy) is 3. The van der Waals surface area contributed by atoms with Gasteiger partial charge in [0.2, 0.25) is 0 Å². The van der Waals surface area contributed by atoms with Crippen molar-refractivity contribution in [1.29, 1.82) is 0 Å². The van der Waals surface area contributed by atoms with Gasteiger partial charge in [0, 0.05) is 0 Å². The van der Waals surface area contributed by atoms with Crippen LogP contribution in [0.4, 0.5) is 4.79 Å². The van der Waals surface area contributed by atoms with E-state index in [1.165, 1.54) is 17.7 Å². The second kappa shape index (κ2) is 11.3. The van der Waals surface area contributed by atoms with E-state index in [4.69, 9.17) is 20.6 Å². The number of ketones is 1. The van der Waals surface area contributed by atoms with Gasteiger partial charge in [-0.2, -0.15) is 0 Å². The molecule has 1 amide bonds. The van der Waals surface area contributed by atoms with Crippen LogP contribution >= 0.6 is 7.26 Å². The van der Waals surface area contributed by atoms with Crippen LogP contribution in [0, 0.1) is 35.0 Å². The van der Waals surface area contributed by atoms with Crippen molar-refractivity contribution in [3.05, 3.63) is 11.6 Å². The molecule has 0 N–H and O–H groups in total. The summed E-state index contributed by atoms with van der Waals surface area (Å²) in [6, 6.07) is 0. The first-order valence-corrected chi connectivity index (χ1v) is 18.6. The van der Waals surface area contributed by atoms with Gasteiger partial charge in [0.25, 0.3) is 0 Å². The van der Waals surface area contributed by atoms with E-state index in [0.29, 0.717) is 31.1 Å². The third kappa shape index (κ3) is 5.65. The number of nitrogens with zero attached hydrogens (tertiary/aromatic N) is 1. The maximum atomic E-state index is 14.8. The number of fused-ring (bicyclic) bond motifs is 1. The molecule has 1 spiro atoms. The molecule has 2 saturated heterocycles. The molecule has 2 heterocycles. The normalized spacial score (nSPS) is 41.9. The minimum atomic E-state index is -1.39. The summed E-state index contributed by atoms with van der Waals surface area (Å²) in [5.41, 5.74) is 0.667. The van der Waals surface area contributed by atoms with Crippen molar-refractivity contribution in [3.8, 4) is 12.3 Å². The Balaban J connectivity index is 1.79. The van der Waals surface area contributed by atoms with E-state index in [1.807, 2.05) is 6.92 Å². The van der Waals surface area contributed by atoms with Crippen LogP contribution in [0.5, 0.6) is 0 Å². The molecule has 0 aromatic rings. The Morgan fingerprint density at radius 3 is 2.58 bits per heavy atom. The van der Waals surface area contributed by atoms with Crippen LogP contribution in [0.1, 0.15) is 80.1 Å². The Kier molecular flexibility index (Phi) is 8.94. The monoisotopic (exact) mass is 575 g/mol. The molecule has 0 aromatic carbocycles. The van der Waals surface area contributed by atoms with Crippen molar-refractivity contribution < 1.29 is 23.8 Å². The first-order valence-electron chi connectivity index (χ1n) is 15.4. The van der Waals surface area contributed by atoms with Crippen molar-refractivity contribution in [2.24, 2.45) is 22.7 Å². The number of allylic oxidation sites excluding steroid dienone is 1. The number of hydrogen-bond donors (Lipinski definition) is 0. The summed E-state index contributed by atoms with van der Waals surface area (Å²) in [5, 5.41) is 0. The summed E-state index contributed by atoms with van der Waals surface area (Å²) >= 11 is 0. The van der Waals surface area contributed by atoms with Crippen LogP contribution in [0.15, 0.2) is 11.6 Å². The number of Topliss-reactive ketones (excluding diaryl/α,β-unsaturated/α-hetero) is 1. The Morgan fingerprint density at radius 1 is 1.20 bits per heavy atom. The second-order valence-corrected chi connectivity index (χ2v) is 20.0. The molecule has 4 rings (SSSR count). The van der Waals surface area contributed by atoms with Crippen LogP contribution in [0.3, 0.4) is 0 Å². The Morgan fingerprint density at radius 2 is 1.90 bits per heavy atom. The third-order valence-electron chi connectivity index (χ3n) is 11.1. The molecule has 3 fully saturated rings. The van der Waals surface area contributed by atoms with Crippen LogP contribution in [-0.4, -0.2) is 86.0 Å². The maximum absolute atomic E-state index is 14.8. The second-order valence-electron chi connectivity index (χ2n) is 14.9. The van der Waals surface area contributed by atoms with Crippen molar-refractivity contribution in [1.82, 2.24) is 4.90 Å². The first kappa shape index (κ1) is 31.5. The molecule has 4 aliphatic rings. The molecule has 0 aromatic heterocycles. The van der Waals surface area contributed by atoms with Gasteiger partial charge in [-0.15, -0.1) is 6.42 Å². The van der Waals surface area contributed by atoms with E-state index in [0.717, 1.165) is 30.5 Å². The zero-order chi connectivity index (χ0) is 29.7. The quantitative estimate of drug-likeness (QED) is 0.229. The summed E-state index contributed by atoms with van der Waals surface area (Å²) in [7, 11) is 0.273. The molecular formula is C33H54NO5P. The summed E-state index contributed by atoms with van der Waals surface area (Å²) in [6.45, 7) is 19.1. The average Bonchev–Trinajstić information content (AvgIpc) is 3.41. The molecule has 2 aliphatic carbocycles. The molecule has 0 radical (unpaired) electrons. The van der Waals surface area contributed by atoms with Crippen molar-refractivity contribution in [2.75, 3.05) is 40.1 Å². The fraction of sp³-hybridized carbons (Fsp3) is 0.818. The molecule has 1 saturated carbocycles. The Labute approximate surface area is 243 Å². The molecule has 6 unspecified atom stereocenters. The Hall–Kier alpha value is -1.41. The zero-order valence-corrected chi connectivity index (χ0v) is 27.5. The van der Waals surface area contributed by atoms with Crippen LogP contribution in [0.2, 0.25) is 0 Å². The standard InChI is InChI=1S/C33H54NO5P/c1-11-17-34(8)30(36)39-29-22(2)19-33(20-32(29,7)26-16-13-18-38-31(5,6)21-37-26)23(3)14-12-15-25-27(40(25,9)10)24(4)28(33)35/h1,19,23-27,29,40H,12-18,20-21H2,2-10H3/t23-,24?,25?,26?,27+,29?,32?,33?/m1/s1. The van der Waals surface area contributed by atoms with Crippen LogP contribution in [0.25, 0.3) is 0 Å². The summed E-state index contributed by atoms with van der Waals surface area (Å²) < 4.78 is 19.0. The molecule has 6 nitrogen and oxygen atoms in total. The molecule has 40 heavy (non-hydrogen) atoms. The van der Waals surface area contributed by atoms with Gasteiger partial charge in [0.05, 0.1) is 0 Å². The third-order valence-corrected chi connectivity index (χ3v) is 15.9. The van der Waals surface area contributed by atoms with Crippen molar-refractivity contribution >= 4 is 19.1 Å². The van der Waals surface area contributed by atoms with Gasteiger partial charge < -0.3 is 0 Å². The van der Waals surface area contributed by atoms with Gasteiger partial charge in [0.1, 0.15) is 0 Å². The average molecular weight is 576 g/mol. The summed E-state index contributed by atoms with van der Waals surface area (Å²) in [4.78, 5) is 29.5. The number of amides is 1. The number of terminal acetylenes is 1. The number of rotatable bonds is 3. The predicted octanol–water partition coefficient (Wildman–Crippen LogP) is 6.16. The van der Waals surface area contributed by atoms with Gasteiger partial charge >= 0.3 is 237 Å². The topological polar surface area (TPSA) is 65.1 Å². The number of hydrogen-bond acceptors (Lipinski definition) is 5. The van der Waals surface area contributed by atoms with E-state index < -0.39 is 35.9 Å².